The molecule has 2 rings (SSSR count). The van der Waals surface area contributed by atoms with Gasteiger partial charge in [0.1, 0.15) is 0 Å². The Hall–Kier alpha value is -0.900. The van der Waals surface area contributed by atoms with Gasteiger partial charge in [0.25, 0.3) is 0 Å². The average Bonchev–Trinajstić information content (AvgIpc) is 2.64. The first kappa shape index (κ1) is 23.1. The Bertz CT molecular complexity index is 522. The number of methoxy groups -OCH3 is 1. The maximum absolute atomic E-state index is 5.42. The van der Waals surface area contributed by atoms with Crippen molar-refractivity contribution in [3.63, 3.8) is 0 Å². The van der Waals surface area contributed by atoms with Gasteiger partial charge in [0.05, 0.1) is 19.8 Å². The van der Waals surface area contributed by atoms with Gasteiger partial charge < -0.3 is 20.1 Å². The van der Waals surface area contributed by atoms with E-state index in [2.05, 4.69) is 51.7 Å². The molecule has 1 saturated heterocycles. The molecule has 0 aliphatic carbocycles. The Kier molecular flexibility index (Phi) is 12.6. The SMILES string of the molecule is CCNC(=NCc1cccc(CN2CCOCC2)c1)NCCCOC.I. The van der Waals surface area contributed by atoms with Crippen molar-refractivity contribution in [2.45, 2.75) is 26.4 Å². The Morgan fingerprint density at radius 1 is 1.23 bits per heavy atom. The molecule has 6 nitrogen and oxygen atoms in total. The van der Waals surface area contributed by atoms with Crippen LogP contribution in [0, 0.1) is 0 Å². The number of benzene rings is 1. The summed E-state index contributed by atoms with van der Waals surface area (Å²) in [6.45, 7) is 9.91. The number of nitrogens with one attached hydrogen (secondary N) is 2. The van der Waals surface area contributed by atoms with E-state index >= 15 is 0 Å². The number of rotatable bonds is 9. The molecule has 1 aliphatic rings. The van der Waals surface area contributed by atoms with E-state index in [-0.39, 0.29) is 24.0 Å². The lowest BCUT2D eigenvalue weighted by Crippen LogP contribution is -2.38. The highest BCUT2D eigenvalue weighted by Gasteiger charge is 2.10. The van der Waals surface area contributed by atoms with Crippen molar-refractivity contribution in [1.82, 2.24) is 15.5 Å². The van der Waals surface area contributed by atoms with Crippen LogP contribution in [0.25, 0.3) is 0 Å². The zero-order valence-electron chi connectivity index (χ0n) is 16.0. The van der Waals surface area contributed by atoms with Crippen LogP contribution in [0.2, 0.25) is 0 Å². The van der Waals surface area contributed by atoms with Gasteiger partial charge in [0, 0.05) is 46.4 Å². The highest BCUT2D eigenvalue weighted by atomic mass is 127. The standard InChI is InChI=1S/C19H32N4O2.HI/c1-3-20-19(21-8-5-11-24-2)22-15-17-6-4-7-18(14-17)16-23-9-12-25-13-10-23;/h4,6-7,14H,3,5,8-13,15-16H2,1-2H3,(H2,20,21,22);1H. The van der Waals surface area contributed by atoms with Crippen molar-refractivity contribution in [2.75, 3.05) is 53.1 Å². The minimum absolute atomic E-state index is 0. The molecular weight excluding hydrogens is 443 g/mol. The van der Waals surface area contributed by atoms with Crippen LogP contribution in [0.3, 0.4) is 0 Å². The van der Waals surface area contributed by atoms with Gasteiger partial charge in [-0.2, -0.15) is 0 Å². The van der Waals surface area contributed by atoms with Gasteiger partial charge in [-0.05, 0) is 24.5 Å². The van der Waals surface area contributed by atoms with Gasteiger partial charge in [-0.15, -0.1) is 24.0 Å². The van der Waals surface area contributed by atoms with Crippen molar-refractivity contribution in [3.05, 3.63) is 35.4 Å². The van der Waals surface area contributed by atoms with Crippen molar-refractivity contribution in [1.29, 1.82) is 0 Å². The molecule has 1 aliphatic heterocycles. The fourth-order valence-electron chi connectivity index (χ4n) is 2.78. The molecule has 0 aromatic heterocycles. The molecule has 0 unspecified atom stereocenters. The van der Waals surface area contributed by atoms with Gasteiger partial charge in [-0.3, -0.25) is 4.90 Å². The Labute approximate surface area is 174 Å². The maximum atomic E-state index is 5.42. The van der Waals surface area contributed by atoms with Crippen molar-refractivity contribution >= 4 is 29.9 Å². The zero-order valence-corrected chi connectivity index (χ0v) is 18.3. The molecule has 26 heavy (non-hydrogen) atoms. The fourth-order valence-corrected chi connectivity index (χ4v) is 2.78. The summed E-state index contributed by atoms with van der Waals surface area (Å²) in [6, 6.07) is 8.71. The maximum Gasteiger partial charge on any atom is 0.191 e. The topological polar surface area (TPSA) is 58.1 Å². The minimum Gasteiger partial charge on any atom is -0.385 e. The van der Waals surface area contributed by atoms with E-state index in [1.54, 1.807) is 7.11 Å². The fraction of sp³-hybridized carbons (Fsp3) is 0.632. The van der Waals surface area contributed by atoms with Crippen LogP contribution in [-0.2, 0) is 22.6 Å². The van der Waals surface area contributed by atoms with E-state index in [1.807, 2.05) is 0 Å². The molecule has 1 fully saturated rings. The Balaban J connectivity index is 0.00000338. The molecule has 1 aromatic rings. The molecule has 0 bridgehead atoms. The third kappa shape index (κ3) is 9.16. The number of morpholine rings is 1. The second kappa shape index (κ2) is 14.2. The first-order valence-electron chi connectivity index (χ1n) is 9.21. The van der Waals surface area contributed by atoms with Crippen LogP contribution < -0.4 is 10.6 Å². The van der Waals surface area contributed by atoms with Crippen LogP contribution >= 0.6 is 24.0 Å². The number of halogens is 1. The second-order valence-corrected chi connectivity index (χ2v) is 6.18. The van der Waals surface area contributed by atoms with Crippen molar-refractivity contribution in [2.24, 2.45) is 4.99 Å². The highest BCUT2D eigenvalue weighted by Crippen LogP contribution is 2.10. The molecule has 148 valence electrons. The van der Waals surface area contributed by atoms with E-state index < -0.39 is 0 Å². The van der Waals surface area contributed by atoms with Gasteiger partial charge in [-0.25, -0.2) is 4.99 Å². The van der Waals surface area contributed by atoms with E-state index in [4.69, 9.17) is 9.47 Å². The van der Waals surface area contributed by atoms with Gasteiger partial charge >= 0.3 is 0 Å². The summed E-state index contributed by atoms with van der Waals surface area (Å²) in [7, 11) is 1.73. The molecule has 0 saturated carbocycles. The van der Waals surface area contributed by atoms with Gasteiger partial charge in [0.2, 0.25) is 0 Å². The molecule has 0 atom stereocenters. The molecular formula is C19H33IN4O2. The van der Waals surface area contributed by atoms with Crippen LogP contribution in [0.15, 0.2) is 29.3 Å². The quantitative estimate of drug-likeness (QED) is 0.248. The molecule has 0 amide bonds. The van der Waals surface area contributed by atoms with Crippen LogP contribution in [-0.4, -0.2) is 64.0 Å². The van der Waals surface area contributed by atoms with E-state index in [0.717, 1.165) is 64.9 Å². The lowest BCUT2D eigenvalue weighted by atomic mass is 10.1. The summed E-state index contributed by atoms with van der Waals surface area (Å²) in [5.74, 6) is 0.859. The van der Waals surface area contributed by atoms with E-state index in [9.17, 15) is 0 Å². The number of aliphatic imine (C=N–C) groups is 1. The zero-order chi connectivity index (χ0) is 17.7. The Morgan fingerprint density at radius 3 is 2.73 bits per heavy atom. The second-order valence-electron chi connectivity index (χ2n) is 6.18. The summed E-state index contributed by atoms with van der Waals surface area (Å²) in [6.07, 6.45) is 0.968. The average molecular weight is 476 g/mol. The largest absolute Gasteiger partial charge is 0.385 e. The summed E-state index contributed by atoms with van der Waals surface area (Å²) in [5.41, 5.74) is 2.58. The number of hydrogen-bond donors (Lipinski definition) is 2. The monoisotopic (exact) mass is 476 g/mol. The third-order valence-electron chi connectivity index (χ3n) is 4.08. The summed E-state index contributed by atoms with van der Waals surface area (Å²) >= 11 is 0. The van der Waals surface area contributed by atoms with Crippen molar-refractivity contribution < 1.29 is 9.47 Å². The lowest BCUT2D eigenvalue weighted by molar-refractivity contribution is 0.0342. The van der Waals surface area contributed by atoms with Crippen LogP contribution in [0.5, 0.6) is 0 Å². The van der Waals surface area contributed by atoms with Crippen molar-refractivity contribution in [3.8, 4) is 0 Å². The smallest absolute Gasteiger partial charge is 0.191 e. The van der Waals surface area contributed by atoms with Crippen LogP contribution in [0.4, 0.5) is 0 Å². The van der Waals surface area contributed by atoms with Gasteiger partial charge in [-0.1, -0.05) is 24.3 Å². The first-order chi connectivity index (χ1) is 12.3. The summed E-state index contributed by atoms with van der Waals surface area (Å²) < 4.78 is 10.5. The summed E-state index contributed by atoms with van der Waals surface area (Å²) in [4.78, 5) is 7.13. The van der Waals surface area contributed by atoms with Crippen LogP contribution in [0.1, 0.15) is 24.5 Å². The number of guanidine groups is 1. The predicted octanol–water partition coefficient (Wildman–Crippen LogP) is 2.23. The predicted molar refractivity (Wildman–Crippen MR) is 117 cm³/mol. The molecule has 7 heteroatoms. The molecule has 0 spiro atoms. The number of nitrogens with zero attached hydrogens (tertiary/aromatic N) is 2. The highest BCUT2D eigenvalue weighted by molar-refractivity contribution is 14.0. The molecule has 1 aromatic carbocycles. The lowest BCUT2D eigenvalue weighted by Gasteiger charge is -2.26. The molecule has 2 N–H and O–H groups in total. The Morgan fingerprint density at radius 2 is 2.00 bits per heavy atom. The number of ether oxygens (including phenoxy) is 2. The van der Waals surface area contributed by atoms with E-state index in [1.165, 1.54) is 11.1 Å². The molecule has 0 radical (unpaired) electrons. The normalized spacial score (nSPS) is 15.4. The van der Waals surface area contributed by atoms with E-state index in [0.29, 0.717) is 6.54 Å². The summed E-state index contributed by atoms with van der Waals surface area (Å²) in [5, 5.41) is 6.63. The van der Waals surface area contributed by atoms with Gasteiger partial charge in [0.15, 0.2) is 5.96 Å². The molecule has 1 heterocycles. The third-order valence-corrected chi connectivity index (χ3v) is 4.08. The minimum atomic E-state index is 0. The first-order valence-corrected chi connectivity index (χ1v) is 9.21. The number of hydrogen-bond acceptors (Lipinski definition) is 4.